The molecule has 0 fully saturated rings. The van der Waals surface area contributed by atoms with E-state index >= 15 is 0 Å². The van der Waals surface area contributed by atoms with Crippen molar-refractivity contribution in [2.75, 3.05) is 14.2 Å². The predicted molar refractivity (Wildman–Crippen MR) is 87.5 cm³/mol. The van der Waals surface area contributed by atoms with Gasteiger partial charge in [0.05, 0.1) is 14.2 Å². The van der Waals surface area contributed by atoms with Gasteiger partial charge >= 0.3 is 5.97 Å². The molecule has 1 aromatic heterocycles. The second kappa shape index (κ2) is 6.40. The molecule has 4 nitrogen and oxygen atoms in total. The van der Waals surface area contributed by atoms with Crippen molar-refractivity contribution in [1.29, 1.82) is 0 Å². The largest absolute Gasteiger partial charge is 0.497 e. The number of carbonyl (C=O) groups is 1. The second-order valence-electron chi connectivity index (χ2n) is 4.94. The Hall–Kier alpha value is -3.01. The smallest absolute Gasteiger partial charge is 0.341 e. The molecule has 0 atom stereocenters. The lowest BCUT2D eigenvalue weighted by atomic mass is 10.1. The first kappa shape index (κ1) is 14.9. The van der Waals surface area contributed by atoms with E-state index in [4.69, 9.17) is 13.9 Å². The summed E-state index contributed by atoms with van der Waals surface area (Å²) in [6, 6.07) is 18.6. The van der Waals surface area contributed by atoms with Gasteiger partial charge in [-0.2, -0.15) is 0 Å². The van der Waals surface area contributed by atoms with Gasteiger partial charge in [0.15, 0.2) is 0 Å². The quantitative estimate of drug-likeness (QED) is 0.670. The first-order valence-electron chi connectivity index (χ1n) is 7.15. The summed E-state index contributed by atoms with van der Waals surface area (Å²) in [5, 5.41) is 0. The van der Waals surface area contributed by atoms with E-state index in [0.717, 1.165) is 16.9 Å². The summed E-state index contributed by atoms with van der Waals surface area (Å²) in [7, 11) is 2.97. The van der Waals surface area contributed by atoms with Gasteiger partial charge in [-0.15, -0.1) is 0 Å². The molecule has 3 rings (SSSR count). The van der Waals surface area contributed by atoms with E-state index in [9.17, 15) is 4.79 Å². The van der Waals surface area contributed by atoms with Crippen molar-refractivity contribution in [3.63, 3.8) is 0 Å². The molecule has 0 bridgehead atoms. The van der Waals surface area contributed by atoms with E-state index in [1.165, 1.54) is 7.11 Å². The molecule has 0 spiro atoms. The van der Waals surface area contributed by atoms with Crippen molar-refractivity contribution in [1.82, 2.24) is 0 Å². The molecule has 2 aromatic carbocycles. The van der Waals surface area contributed by atoms with Crippen LogP contribution in [0.25, 0.3) is 22.6 Å². The van der Waals surface area contributed by atoms with Crippen molar-refractivity contribution in [2.45, 2.75) is 0 Å². The lowest BCUT2D eigenvalue weighted by Crippen LogP contribution is -2.00. The summed E-state index contributed by atoms with van der Waals surface area (Å²) in [4.78, 5) is 12.1. The standard InChI is InChI=1S/C19H16O4/c1-21-15-10-8-13(9-11-15)17-12-16(19(20)22-2)18(23-17)14-6-4-3-5-7-14/h3-12H,1-2H3. The maximum absolute atomic E-state index is 12.1. The molecule has 4 heteroatoms. The highest BCUT2D eigenvalue weighted by molar-refractivity contribution is 5.97. The number of rotatable bonds is 4. The molecule has 0 unspecified atom stereocenters. The van der Waals surface area contributed by atoms with Crippen LogP contribution in [0.3, 0.4) is 0 Å². The fraction of sp³-hybridized carbons (Fsp3) is 0.105. The highest BCUT2D eigenvalue weighted by atomic mass is 16.5. The van der Waals surface area contributed by atoms with Crippen LogP contribution in [0.1, 0.15) is 10.4 Å². The summed E-state index contributed by atoms with van der Waals surface area (Å²) >= 11 is 0. The van der Waals surface area contributed by atoms with Crippen LogP contribution in [0.2, 0.25) is 0 Å². The number of methoxy groups -OCH3 is 2. The van der Waals surface area contributed by atoms with Crippen LogP contribution >= 0.6 is 0 Å². The molecule has 0 N–H and O–H groups in total. The van der Waals surface area contributed by atoms with Crippen LogP contribution in [-0.2, 0) is 4.74 Å². The first-order chi connectivity index (χ1) is 11.2. The highest BCUT2D eigenvalue weighted by Gasteiger charge is 2.20. The van der Waals surface area contributed by atoms with Gasteiger partial charge in [-0.05, 0) is 30.3 Å². The molecule has 0 amide bonds. The van der Waals surface area contributed by atoms with Crippen LogP contribution in [0, 0.1) is 0 Å². The Morgan fingerprint density at radius 2 is 1.61 bits per heavy atom. The molecular weight excluding hydrogens is 292 g/mol. The summed E-state index contributed by atoms with van der Waals surface area (Å²) in [5.74, 6) is 1.44. The van der Waals surface area contributed by atoms with Gasteiger partial charge in [0.25, 0.3) is 0 Å². The Kier molecular flexibility index (Phi) is 4.15. The van der Waals surface area contributed by atoms with Crippen LogP contribution in [-0.4, -0.2) is 20.2 Å². The van der Waals surface area contributed by atoms with Gasteiger partial charge in [0.1, 0.15) is 22.8 Å². The average molecular weight is 308 g/mol. The Labute approximate surface area is 134 Å². The van der Waals surface area contributed by atoms with E-state index in [2.05, 4.69) is 0 Å². The number of hydrogen-bond donors (Lipinski definition) is 0. The maximum atomic E-state index is 12.1. The molecule has 3 aromatic rings. The van der Waals surface area contributed by atoms with Crippen LogP contribution in [0.15, 0.2) is 65.1 Å². The van der Waals surface area contributed by atoms with Crippen molar-refractivity contribution >= 4 is 5.97 Å². The molecule has 23 heavy (non-hydrogen) atoms. The number of hydrogen-bond acceptors (Lipinski definition) is 4. The van der Waals surface area contributed by atoms with Gasteiger partial charge < -0.3 is 13.9 Å². The van der Waals surface area contributed by atoms with E-state index < -0.39 is 5.97 Å². The van der Waals surface area contributed by atoms with Crippen molar-refractivity contribution in [2.24, 2.45) is 0 Å². The third kappa shape index (κ3) is 2.97. The van der Waals surface area contributed by atoms with Gasteiger partial charge in [-0.1, -0.05) is 30.3 Å². The molecule has 0 saturated heterocycles. The summed E-state index contributed by atoms with van der Waals surface area (Å²) < 4.78 is 16.0. The molecule has 116 valence electrons. The van der Waals surface area contributed by atoms with E-state index in [1.807, 2.05) is 54.6 Å². The Balaban J connectivity index is 2.09. The molecule has 0 aliphatic rings. The number of esters is 1. The minimum atomic E-state index is -0.424. The van der Waals surface area contributed by atoms with Crippen LogP contribution in [0.4, 0.5) is 0 Å². The maximum Gasteiger partial charge on any atom is 0.341 e. The lowest BCUT2D eigenvalue weighted by molar-refractivity contribution is 0.0601. The molecule has 0 radical (unpaired) electrons. The van der Waals surface area contributed by atoms with E-state index in [0.29, 0.717) is 17.1 Å². The van der Waals surface area contributed by atoms with Crippen LogP contribution < -0.4 is 4.74 Å². The third-order valence-electron chi connectivity index (χ3n) is 3.55. The second-order valence-corrected chi connectivity index (χ2v) is 4.94. The van der Waals surface area contributed by atoms with Crippen LogP contribution in [0.5, 0.6) is 5.75 Å². The topological polar surface area (TPSA) is 48.7 Å². The number of carbonyl (C=O) groups excluding carboxylic acids is 1. The Bertz CT molecular complexity index is 801. The predicted octanol–water partition coefficient (Wildman–Crippen LogP) is 4.41. The van der Waals surface area contributed by atoms with Crippen molar-refractivity contribution in [3.05, 3.63) is 66.2 Å². The zero-order valence-corrected chi connectivity index (χ0v) is 12.9. The fourth-order valence-corrected chi connectivity index (χ4v) is 2.35. The molecule has 0 saturated carbocycles. The van der Waals surface area contributed by atoms with Gasteiger partial charge in [-0.3, -0.25) is 0 Å². The fourth-order valence-electron chi connectivity index (χ4n) is 2.35. The monoisotopic (exact) mass is 308 g/mol. The first-order valence-corrected chi connectivity index (χ1v) is 7.15. The van der Waals surface area contributed by atoms with E-state index in [1.54, 1.807) is 13.2 Å². The van der Waals surface area contributed by atoms with Gasteiger partial charge in [-0.25, -0.2) is 4.79 Å². The Morgan fingerprint density at radius 3 is 2.22 bits per heavy atom. The zero-order valence-electron chi connectivity index (χ0n) is 12.9. The number of benzene rings is 2. The summed E-state index contributed by atoms with van der Waals surface area (Å²) in [6.45, 7) is 0. The summed E-state index contributed by atoms with van der Waals surface area (Å²) in [6.07, 6.45) is 0. The number of furan rings is 1. The van der Waals surface area contributed by atoms with Crippen molar-refractivity contribution in [3.8, 4) is 28.4 Å². The minimum Gasteiger partial charge on any atom is -0.497 e. The molecule has 0 aliphatic heterocycles. The van der Waals surface area contributed by atoms with Gasteiger partial charge in [0.2, 0.25) is 0 Å². The highest BCUT2D eigenvalue weighted by Crippen LogP contribution is 2.33. The number of ether oxygens (including phenoxy) is 2. The SMILES string of the molecule is COC(=O)c1cc(-c2ccc(OC)cc2)oc1-c1ccccc1. The lowest BCUT2D eigenvalue weighted by Gasteiger charge is -2.01. The zero-order chi connectivity index (χ0) is 16.2. The van der Waals surface area contributed by atoms with E-state index in [-0.39, 0.29) is 0 Å². The normalized spacial score (nSPS) is 10.3. The molecular formula is C19H16O4. The third-order valence-corrected chi connectivity index (χ3v) is 3.55. The molecule has 1 heterocycles. The summed E-state index contributed by atoms with van der Waals surface area (Å²) in [5.41, 5.74) is 2.09. The molecule has 0 aliphatic carbocycles. The Morgan fingerprint density at radius 1 is 0.913 bits per heavy atom. The minimum absolute atomic E-state index is 0.407. The van der Waals surface area contributed by atoms with Crippen molar-refractivity contribution < 1.29 is 18.7 Å². The van der Waals surface area contributed by atoms with Gasteiger partial charge in [0, 0.05) is 11.1 Å². The average Bonchev–Trinajstić information content (AvgIpc) is 3.07.